The number of aromatic nitrogens is 4. The minimum absolute atomic E-state index is 0.188. The largest absolute Gasteiger partial charge is 0.386 e. The van der Waals surface area contributed by atoms with Gasteiger partial charge in [-0.15, -0.1) is 0 Å². The zero-order chi connectivity index (χ0) is 15.7. The Labute approximate surface area is 119 Å². The summed E-state index contributed by atoms with van der Waals surface area (Å²) in [5.74, 6) is 0. The van der Waals surface area contributed by atoms with Crippen LogP contribution in [0.15, 0.2) is 36.8 Å². The lowest BCUT2D eigenvalue weighted by molar-refractivity contribution is -0.752. The first kappa shape index (κ1) is 16.5. The van der Waals surface area contributed by atoms with E-state index in [0.29, 0.717) is 13.0 Å². The number of nitrogens with zero attached hydrogens (tertiary/aromatic N) is 5. The molecule has 0 aliphatic carbocycles. The van der Waals surface area contributed by atoms with Crippen molar-refractivity contribution in [2.24, 2.45) is 0 Å². The van der Waals surface area contributed by atoms with E-state index in [1.165, 1.54) is 0 Å². The van der Waals surface area contributed by atoms with E-state index in [1.54, 1.807) is 17.1 Å². The smallest absolute Gasteiger partial charge is 0.198 e. The molecule has 0 saturated carbocycles. The second kappa shape index (κ2) is 7.89. The summed E-state index contributed by atoms with van der Waals surface area (Å²) in [6.45, 7) is 0.796. The van der Waals surface area contributed by atoms with Crippen molar-refractivity contribution in [3.63, 3.8) is 0 Å². The highest BCUT2D eigenvalue weighted by Crippen LogP contribution is 2.11. The van der Waals surface area contributed by atoms with E-state index in [-0.39, 0.29) is 6.92 Å². The van der Waals surface area contributed by atoms with Crippen molar-refractivity contribution >= 4 is 0 Å². The van der Waals surface area contributed by atoms with Crippen LogP contribution in [0.1, 0.15) is 13.3 Å². The molecule has 21 heavy (non-hydrogen) atoms. The van der Waals surface area contributed by atoms with Crippen LogP contribution >= 0.6 is 0 Å². The Bertz CT molecular complexity index is 569. The lowest BCUT2D eigenvalue weighted by Gasteiger charge is -1.96. The Hall–Kier alpha value is -2.56. The summed E-state index contributed by atoms with van der Waals surface area (Å²) in [4.78, 5) is 0. The third-order valence-electron chi connectivity index (χ3n) is 2.09. The van der Waals surface area contributed by atoms with E-state index < -0.39 is 6.18 Å². The molecule has 0 N–H and O–H groups in total. The van der Waals surface area contributed by atoms with Crippen molar-refractivity contribution in [3.05, 3.63) is 36.8 Å². The second-order valence-corrected chi connectivity index (χ2v) is 3.98. The molecule has 0 spiro atoms. The Morgan fingerprint density at radius 3 is 2.52 bits per heavy atom. The van der Waals surface area contributed by atoms with E-state index in [0.717, 1.165) is 11.3 Å². The van der Waals surface area contributed by atoms with Crippen molar-refractivity contribution in [1.82, 2.24) is 15.3 Å². The SMILES string of the molecule is CC(F)(F)F.N#CCC[n+]1ccc(-c2cccnn2)cn1. The van der Waals surface area contributed by atoms with E-state index in [2.05, 4.69) is 21.4 Å². The number of halogens is 3. The molecule has 8 heteroatoms. The van der Waals surface area contributed by atoms with Crippen molar-refractivity contribution in [2.75, 3.05) is 0 Å². The summed E-state index contributed by atoms with van der Waals surface area (Å²) in [6.07, 6.45) is 1.65. The Morgan fingerprint density at radius 2 is 2.05 bits per heavy atom. The molecule has 0 bridgehead atoms. The van der Waals surface area contributed by atoms with Gasteiger partial charge < -0.3 is 0 Å². The van der Waals surface area contributed by atoms with Crippen molar-refractivity contribution in [3.8, 4) is 17.3 Å². The van der Waals surface area contributed by atoms with Gasteiger partial charge in [0, 0.05) is 24.8 Å². The number of aryl methyl sites for hydroxylation is 1. The van der Waals surface area contributed by atoms with Crippen LogP contribution in [0.3, 0.4) is 0 Å². The van der Waals surface area contributed by atoms with Gasteiger partial charge >= 0.3 is 6.18 Å². The molecule has 5 nitrogen and oxygen atoms in total. The molecule has 110 valence electrons. The van der Waals surface area contributed by atoms with Gasteiger partial charge in [0.1, 0.15) is 6.20 Å². The topological polar surface area (TPSA) is 66.3 Å². The highest BCUT2D eigenvalue weighted by Gasteiger charge is 2.15. The average molecular weight is 296 g/mol. The van der Waals surface area contributed by atoms with Gasteiger partial charge in [-0.3, -0.25) is 0 Å². The van der Waals surface area contributed by atoms with Crippen molar-refractivity contribution in [1.29, 1.82) is 5.26 Å². The first-order valence-electron chi connectivity index (χ1n) is 5.97. The van der Waals surface area contributed by atoms with Crippen LogP contribution < -0.4 is 4.68 Å². The zero-order valence-corrected chi connectivity index (χ0v) is 11.2. The van der Waals surface area contributed by atoms with Gasteiger partial charge in [0.15, 0.2) is 12.7 Å². The van der Waals surface area contributed by atoms with E-state index in [1.807, 2.05) is 24.4 Å². The summed E-state index contributed by atoms with van der Waals surface area (Å²) in [6, 6.07) is 7.70. The molecule has 0 aliphatic rings. The van der Waals surface area contributed by atoms with Crippen LogP contribution in [0.4, 0.5) is 13.2 Å². The Balaban J connectivity index is 0.000000383. The number of hydrogen-bond donors (Lipinski definition) is 0. The van der Waals surface area contributed by atoms with Gasteiger partial charge in [0.2, 0.25) is 0 Å². The van der Waals surface area contributed by atoms with Gasteiger partial charge in [0.05, 0.1) is 18.2 Å². The molecule has 2 aromatic heterocycles. The molecular weight excluding hydrogens is 283 g/mol. The van der Waals surface area contributed by atoms with Gasteiger partial charge in [0.25, 0.3) is 0 Å². The quantitative estimate of drug-likeness (QED) is 0.815. The predicted octanol–water partition coefficient (Wildman–Crippen LogP) is 2.31. The van der Waals surface area contributed by atoms with Gasteiger partial charge in [-0.1, -0.05) is 4.68 Å². The zero-order valence-electron chi connectivity index (χ0n) is 11.2. The fraction of sp³-hybridized carbons (Fsp3) is 0.308. The van der Waals surface area contributed by atoms with E-state index >= 15 is 0 Å². The monoisotopic (exact) mass is 296 g/mol. The van der Waals surface area contributed by atoms with Crippen LogP contribution in [0.2, 0.25) is 0 Å². The predicted molar refractivity (Wildman–Crippen MR) is 67.4 cm³/mol. The molecule has 0 aromatic carbocycles. The van der Waals surface area contributed by atoms with E-state index in [4.69, 9.17) is 5.26 Å². The summed E-state index contributed by atoms with van der Waals surface area (Å²) < 4.78 is 32.8. The van der Waals surface area contributed by atoms with Crippen LogP contribution in [-0.2, 0) is 6.54 Å². The molecule has 0 saturated heterocycles. The highest BCUT2D eigenvalue weighted by molar-refractivity contribution is 5.55. The molecule has 2 aromatic rings. The standard InChI is InChI=1S/C11H10N5.C2H3F3/c12-5-2-7-16-8-4-10(9-14-16)11-3-1-6-13-15-11;1-2(3,4)5/h1,3-4,6,8-9H,2,7H2;1H3/q+1;. The molecule has 0 unspecified atom stereocenters. The molecule has 0 amide bonds. The number of alkyl halides is 3. The van der Waals surface area contributed by atoms with Crippen molar-refractivity contribution < 1.29 is 17.9 Å². The fourth-order valence-electron chi connectivity index (χ4n) is 1.29. The normalized spacial score (nSPS) is 10.2. The van der Waals surface area contributed by atoms with Gasteiger partial charge in [-0.2, -0.15) is 28.6 Å². The fourth-order valence-corrected chi connectivity index (χ4v) is 1.29. The lowest BCUT2D eigenvalue weighted by atomic mass is 10.2. The second-order valence-electron chi connectivity index (χ2n) is 3.98. The maximum Gasteiger partial charge on any atom is 0.386 e. The first-order chi connectivity index (χ1) is 9.90. The Morgan fingerprint density at radius 1 is 1.33 bits per heavy atom. The third kappa shape index (κ3) is 7.57. The summed E-state index contributed by atoms with van der Waals surface area (Å²) in [5.41, 5.74) is 1.71. The molecule has 2 heterocycles. The minimum atomic E-state index is -4.00. The maximum atomic E-state index is 10.4. The van der Waals surface area contributed by atoms with Crippen LogP contribution in [-0.4, -0.2) is 21.5 Å². The molecule has 0 fully saturated rings. The van der Waals surface area contributed by atoms with Crippen molar-refractivity contribution in [2.45, 2.75) is 26.1 Å². The minimum Gasteiger partial charge on any atom is -0.198 e. The molecular formula is C13H13F3N5+. The lowest BCUT2D eigenvalue weighted by Crippen LogP contribution is -2.37. The van der Waals surface area contributed by atoms with Gasteiger partial charge in [-0.25, -0.2) is 0 Å². The van der Waals surface area contributed by atoms with Crippen LogP contribution in [0.25, 0.3) is 11.3 Å². The molecule has 2 rings (SSSR count). The molecule has 0 atom stereocenters. The number of nitriles is 1. The van der Waals surface area contributed by atoms with Crippen LogP contribution in [0, 0.1) is 11.3 Å². The average Bonchev–Trinajstić information content (AvgIpc) is 2.45. The first-order valence-corrected chi connectivity index (χ1v) is 5.97. The molecule has 0 radical (unpaired) electrons. The summed E-state index contributed by atoms with van der Waals surface area (Å²) >= 11 is 0. The maximum absolute atomic E-state index is 10.4. The summed E-state index contributed by atoms with van der Waals surface area (Å²) in [7, 11) is 0. The highest BCUT2D eigenvalue weighted by atomic mass is 19.4. The third-order valence-corrected chi connectivity index (χ3v) is 2.09. The van der Waals surface area contributed by atoms with Gasteiger partial charge in [-0.05, 0) is 17.2 Å². The summed E-state index contributed by atoms with van der Waals surface area (Å²) in [5, 5.41) is 20.4. The number of rotatable bonds is 3. The molecule has 0 aliphatic heterocycles. The number of hydrogen-bond acceptors (Lipinski definition) is 4. The van der Waals surface area contributed by atoms with Crippen LogP contribution in [0.5, 0.6) is 0 Å². The van der Waals surface area contributed by atoms with E-state index in [9.17, 15) is 13.2 Å². The Kier molecular flexibility index (Phi) is 6.20.